The van der Waals surface area contributed by atoms with Gasteiger partial charge in [0, 0.05) is 55.2 Å². The molecular weight excluding hydrogens is 570 g/mol. The summed E-state index contributed by atoms with van der Waals surface area (Å²) in [7, 11) is 0. The highest BCUT2D eigenvalue weighted by molar-refractivity contribution is 6.06. The highest BCUT2D eigenvalue weighted by Gasteiger charge is 2.32. The summed E-state index contributed by atoms with van der Waals surface area (Å²) in [5.41, 5.74) is -0.976. The van der Waals surface area contributed by atoms with E-state index in [4.69, 9.17) is 14.2 Å². The molecule has 4 amide bonds. The molecule has 0 spiro atoms. The maximum atomic E-state index is 13.1. The number of carbonyl (C=O) groups excluding carboxylic acids is 5. The first-order valence-corrected chi connectivity index (χ1v) is 14.9. The monoisotopic (exact) mass is 617 g/mol. The van der Waals surface area contributed by atoms with Crippen molar-refractivity contribution in [1.29, 1.82) is 0 Å². The van der Waals surface area contributed by atoms with Crippen molar-refractivity contribution in [3.05, 3.63) is 35.4 Å². The topological polar surface area (TPSA) is 152 Å². The maximum absolute atomic E-state index is 13.1. The van der Waals surface area contributed by atoms with E-state index in [1.807, 2.05) is 0 Å². The number of rotatable bonds is 9. The molecule has 44 heavy (non-hydrogen) atoms. The van der Waals surface area contributed by atoms with Gasteiger partial charge in [-0.15, -0.1) is 0 Å². The Morgan fingerprint density at radius 3 is 2.07 bits per heavy atom. The van der Waals surface area contributed by atoms with Gasteiger partial charge in [-0.2, -0.15) is 4.99 Å². The second-order valence-corrected chi connectivity index (χ2v) is 13.2. The number of aliphatic hydroxyl groups is 1. The minimum absolute atomic E-state index is 0.0174. The molecule has 0 aliphatic carbocycles. The molecule has 0 aromatic heterocycles. The summed E-state index contributed by atoms with van der Waals surface area (Å²) in [5, 5.41) is 9.69. The van der Waals surface area contributed by atoms with E-state index in [0.717, 1.165) is 4.90 Å². The Labute approximate surface area is 259 Å². The molecule has 12 heteroatoms. The summed E-state index contributed by atoms with van der Waals surface area (Å²) in [6.07, 6.45) is -0.830. The highest BCUT2D eigenvalue weighted by Crippen LogP contribution is 2.19. The molecule has 0 bridgehead atoms. The number of amides is 4. The van der Waals surface area contributed by atoms with Crippen LogP contribution in [0.25, 0.3) is 0 Å². The quantitative estimate of drug-likeness (QED) is 0.223. The number of likely N-dealkylation sites (tertiary alicyclic amines) is 1. The third-order valence-corrected chi connectivity index (χ3v) is 6.47. The SMILES string of the molecule is CC(COC(=O)N=Cc1ccccc1C(=O)CC(C)C(=O)N1CCC(O)CC1)CN(C(=O)OC(C)(C)C)C(=O)OC(C)(C)C. The molecule has 1 N–H and O–H groups in total. The van der Waals surface area contributed by atoms with Crippen molar-refractivity contribution >= 4 is 36.2 Å². The van der Waals surface area contributed by atoms with Crippen LogP contribution in [0.15, 0.2) is 29.3 Å². The zero-order valence-electron chi connectivity index (χ0n) is 27.1. The largest absolute Gasteiger partial charge is 0.448 e. The van der Waals surface area contributed by atoms with Crippen molar-refractivity contribution in [2.75, 3.05) is 26.2 Å². The second kappa shape index (κ2) is 15.8. The first-order chi connectivity index (χ1) is 20.4. The van der Waals surface area contributed by atoms with Gasteiger partial charge < -0.3 is 24.2 Å². The van der Waals surface area contributed by atoms with Gasteiger partial charge in [0.25, 0.3) is 0 Å². The molecular formula is C32H47N3O9. The first-order valence-electron chi connectivity index (χ1n) is 14.9. The Morgan fingerprint density at radius 2 is 1.52 bits per heavy atom. The van der Waals surface area contributed by atoms with Crippen LogP contribution in [-0.2, 0) is 19.0 Å². The zero-order valence-corrected chi connectivity index (χ0v) is 27.1. The number of Topliss-reactive ketones (excluding diaryl/α,β-unsaturated/α-hetero) is 1. The van der Waals surface area contributed by atoms with Crippen LogP contribution in [0.1, 0.15) is 90.6 Å². The normalized spacial score (nSPS) is 15.8. The van der Waals surface area contributed by atoms with Gasteiger partial charge in [-0.1, -0.05) is 38.1 Å². The molecule has 1 aliphatic heterocycles. The highest BCUT2D eigenvalue weighted by atomic mass is 16.6. The van der Waals surface area contributed by atoms with Crippen molar-refractivity contribution in [1.82, 2.24) is 9.80 Å². The summed E-state index contributed by atoms with van der Waals surface area (Å²) in [6.45, 7) is 14.1. The van der Waals surface area contributed by atoms with Gasteiger partial charge in [0.15, 0.2) is 5.78 Å². The van der Waals surface area contributed by atoms with Crippen molar-refractivity contribution < 1.29 is 43.3 Å². The van der Waals surface area contributed by atoms with E-state index in [1.165, 1.54) is 6.21 Å². The third-order valence-electron chi connectivity index (χ3n) is 6.47. The molecule has 1 heterocycles. The van der Waals surface area contributed by atoms with Gasteiger partial charge in [0.2, 0.25) is 5.91 Å². The smallest absolute Gasteiger partial charge is 0.433 e. The number of ether oxygens (including phenoxy) is 3. The van der Waals surface area contributed by atoms with Gasteiger partial charge in [-0.05, 0) is 54.4 Å². The number of ketones is 1. The predicted octanol–water partition coefficient (Wildman–Crippen LogP) is 5.24. The lowest BCUT2D eigenvalue weighted by molar-refractivity contribution is -0.136. The number of imide groups is 1. The lowest BCUT2D eigenvalue weighted by atomic mass is 9.95. The fourth-order valence-electron chi connectivity index (χ4n) is 4.33. The standard InChI is InChI=1S/C32H47N3O9/c1-21(19-35(29(40)43-31(3,4)5)30(41)44-32(6,7)8)20-42-28(39)33-18-23-11-9-10-12-25(23)26(37)17-22(2)27(38)34-15-13-24(36)14-16-34/h9-12,18,21-22,24,36H,13-17,19-20H2,1-8H3. The number of aliphatic imine (C=N–C) groups is 1. The molecule has 1 fully saturated rings. The zero-order chi connectivity index (χ0) is 33.2. The van der Waals surface area contributed by atoms with Crippen LogP contribution in [0.5, 0.6) is 0 Å². The number of hydrogen-bond acceptors (Lipinski definition) is 9. The Bertz CT molecular complexity index is 1180. The van der Waals surface area contributed by atoms with Gasteiger partial charge in [-0.25, -0.2) is 19.3 Å². The molecule has 244 valence electrons. The van der Waals surface area contributed by atoms with Gasteiger partial charge in [0.1, 0.15) is 11.2 Å². The Morgan fingerprint density at radius 1 is 0.977 bits per heavy atom. The van der Waals surface area contributed by atoms with Crippen molar-refractivity contribution in [2.24, 2.45) is 16.8 Å². The second-order valence-electron chi connectivity index (χ2n) is 13.2. The minimum Gasteiger partial charge on any atom is -0.448 e. The molecule has 2 atom stereocenters. The van der Waals surface area contributed by atoms with Gasteiger partial charge >= 0.3 is 18.3 Å². The maximum Gasteiger partial charge on any atom is 0.433 e. The minimum atomic E-state index is -0.920. The third kappa shape index (κ3) is 12.4. The van der Waals surface area contributed by atoms with E-state index in [9.17, 15) is 29.1 Å². The molecule has 12 nitrogen and oxygen atoms in total. The average Bonchev–Trinajstić information content (AvgIpc) is 2.91. The summed E-state index contributed by atoms with van der Waals surface area (Å²) in [4.78, 5) is 70.1. The van der Waals surface area contributed by atoms with Gasteiger partial charge in [-0.3, -0.25) is 9.59 Å². The molecule has 1 aromatic carbocycles. The summed E-state index contributed by atoms with van der Waals surface area (Å²) in [6, 6.07) is 6.61. The molecule has 0 radical (unpaired) electrons. The number of benzene rings is 1. The van der Waals surface area contributed by atoms with Crippen LogP contribution >= 0.6 is 0 Å². The summed E-state index contributed by atoms with van der Waals surface area (Å²) >= 11 is 0. The number of carbonyl (C=O) groups is 5. The fraction of sp³-hybridized carbons (Fsp3) is 0.625. The number of hydrogen-bond donors (Lipinski definition) is 1. The van der Waals surface area contributed by atoms with Crippen LogP contribution in [0.2, 0.25) is 0 Å². The van der Waals surface area contributed by atoms with Crippen LogP contribution in [0.4, 0.5) is 14.4 Å². The number of aliphatic hydroxyl groups excluding tert-OH is 1. The molecule has 1 saturated heterocycles. The molecule has 1 aromatic rings. The number of nitrogens with zero attached hydrogens (tertiary/aromatic N) is 3. The van der Waals surface area contributed by atoms with Crippen molar-refractivity contribution in [3.63, 3.8) is 0 Å². The summed E-state index contributed by atoms with van der Waals surface area (Å²) in [5.74, 6) is -1.43. The molecule has 2 unspecified atom stereocenters. The van der Waals surface area contributed by atoms with E-state index in [0.29, 0.717) is 37.1 Å². The van der Waals surface area contributed by atoms with E-state index in [2.05, 4.69) is 4.99 Å². The fourth-order valence-corrected chi connectivity index (χ4v) is 4.33. The Kier molecular flexibility index (Phi) is 13.1. The van der Waals surface area contributed by atoms with E-state index >= 15 is 0 Å². The first kappa shape index (κ1) is 36.4. The average molecular weight is 618 g/mol. The predicted molar refractivity (Wildman–Crippen MR) is 164 cm³/mol. The van der Waals surface area contributed by atoms with E-state index in [1.54, 1.807) is 84.6 Å². The lowest BCUT2D eigenvalue weighted by Crippen LogP contribution is -2.45. The van der Waals surface area contributed by atoms with E-state index in [-0.39, 0.29) is 31.3 Å². The van der Waals surface area contributed by atoms with Crippen molar-refractivity contribution in [2.45, 2.75) is 92.0 Å². The lowest BCUT2D eigenvalue weighted by Gasteiger charge is -2.31. The molecule has 0 saturated carbocycles. The Balaban J connectivity index is 1.99. The van der Waals surface area contributed by atoms with Crippen LogP contribution in [-0.4, -0.2) is 94.6 Å². The Hall–Kier alpha value is -3.80. The molecule has 2 rings (SSSR count). The van der Waals surface area contributed by atoms with Crippen LogP contribution in [0.3, 0.4) is 0 Å². The van der Waals surface area contributed by atoms with Gasteiger partial charge in [0.05, 0.1) is 12.7 Å². The van der Waals surface area contributed by atoms with E-state index < -0.39 is 47.4 Å². The van der Waals surface area contributed by atoms with Crippen molar-refractivity contribution in [3.8, 4) is 0 Å². The molecule has 1 aliphatic rings. The van der Waals surface area contributed by atoms with Crippen LogP contribution < -0.4 is 0 Å². The summed E-state index contributed by atoms with van der Waals surface area (Å²) < 4.78 is 15.9. The number of piperidine rings is 1. The van der Waals surface area contributed by atoms with Crippen LogP contribution in [0, 0.1) is 11.8 Å².